The molecule has 142 valence electrons. The van der Waals surface area contributed by atoms with Gasteiger partial charge in [0.1, 0.15) is 11.5 Å². The van der Waals surface area contributed by atoms with Crippen LogP contribution in [0.3, 0.4) is 0 Å². The Morgan fingerprint density at radius 3 is 2.14 bits per heavy atom. The highest BCUT2D eigenvalue weighted by atomic mass is 16.5. The third-order valence-electron chi connectivity index (χ3n) is 3.95. The summed E-state index contributed by atoms with van der Waals surface area (Å²) in [6, 6.07) is 15.6. The molecule has 0 bridgehead atoms. The summed E-state index contributed by atoms with van der Waals surface area (Å²) in [5, 5.41) is 5.51. The third kappa shape index (κ3) is 4.45. The first-order chi connectivity index (χ1) is 13.6. The van der Waals surface area contributed by atoms with Gasteiger partial charge in [-0.2, -0.15) is 0 Å². The number of para-hydroxylation sites is 1. The zero-order chi connectivity index (χ0) is 19.9. The van der Waals surface area contributed by atoms with Gasteiger partial charge in [0.25, 0.3) is 11.8 Å². The van der Waals surface area contributed by atoms with Crippen molar-refractivity contribution in [3.63, 3.8) is 0 Å². The van der Waals surface area contributed by atoms with E-state index in [1.54, 1.807) is 37.4 Å². The van der Waals surface area contributed by atoms with E-state index < -0.39 is 5.91 Å². The van der Waals surface area contributed by atoms with Crippen molar-refractivity contribution < 1.29 is 19.1 Å². The summed E-state index contributed by atoms with van der Waals surface area (Å²) < 4.78 is 10.4. The fraction of sp³-hybridized carbons (Fsp3) is 0.0952. The summed E-state index contributed by atoms with van der Waals surface area (Å²) in [5.41, 5.74) is 1.66. The molecule has 0 saturated carbocycles. The number of hydrogen-bond donors (Lipinski definition) is 2. The molecule has 1 aromatic heterocycles. The molecule has 0 aliphatic carbocycles. The molecule has 28 heavy (non-hydrogen) atoms. The van der Waals surface area contributed by atoms with Crippen LogP contribution in [0.5, 0.6) is 11.5 Å². The van der Waals surface area contributed by atoms with Crippen molar-refractivity contribution >= 4 is 23.2 Å². The zero-order valence-corrected chi connectivity index (χ0v) is 15.4. The molecular formula is C21H19N3O4. The van der Waals surface area contributed by atoms with E-state index in [9.17, 15) is 9.59 Å². The van der Waals surface area contributed by atoms with Crippen LogP contribution in [0.1, 0.15) is 20.7 Å². The molecule has 0 aliphatic rings. The largest absolute Gasteiger partial charge is 0.497 e. The molecule has 0 aliphatic heterocycles. The normalized spacial score (nSPS) is 10.1. The van der Waals surface area contributed by atoms with E-state index in [1.165, 1.54) is 25.6 Å². The number of aromatic nitrogens is 1. The number of ether oxygens (including phenoxy) is 2. The maximum absolute atomic E-state index is 12.6. The number of hydrogen-bond acceptors (Lipinski definition) is 5. The van der Waals surface area contributed by atoms with Crippen LogP contribution in [0.2, 0.25) is 0 Å². The quantitative estimate of drug-likeness (QED) is 0.685. The molecule has 3 rings (SSSR count). The van der Waals surface area contributed by atoms with E-state index in [2.05, 4.69) is 15.6 Å². The molecular weight excluding hydrogens is 358 g/mol. The average Bonchev–Trinajstić information content (AvgIpc) is 2.74. The Morgan fingerprint density at radius 1 is 0.821 bits per heavy atom. The van der Waals surface area contributed by atoms with Gasteiger partial charge < -0.3 is 20.1 Å². The summed E-state index contributed by atoms with van der Waals surface area (Å²) in [7, 11) is 3.05. The lowest BCUT2D eigenvalue weighted by atomic mass is 10.1. The zero-order valence-electron chi connectivity index (χ0n) is 15.4. The fourth-order valence-electron chi connectivity index (χ4n) is 2.51. The molecule has 3 aromatic rings. The summed E-state index contributed by atoms with van der Waals surface area (Å²) in [4.78, 5) is 29.0. The van der Waals surface area contributed by atoms with Gasteiger partial charge in [0.15, 0.2) is 0 Å². The minimum Gasteiger partial charge on any atom is -0.497 e. The molecule has 2 N–H and O–H groups in total. The van der Waals surface area contributed by atoms with E-state index in [0.717, 1.165) is 0 Å². The Labute approximate surface area is 162 Å². The van der Waals surface area contributed by atoms with Crippen LogP contribution in [0.25, 0.3) is 0 Å². The van der Waals surface area contributed by atoms with Crippen LogP contribution in [-0.4, -0.2) is 31.0 Å². The van der Waals surface area contributed by atoms with Crippen molar-refractivity contribution in [1.82, 2.24) is 4.98 Å². The summed E-state index contributed by atoms with van der Waals surface area (Å²) in [6.45, 7) is 0. The number of carbonyl (C=O) groups is 2. The number of benzene rings is 2. The van der Waals surface area contributed by atoms with Gasteiger partial charge in [-0.3, -0.25) is 14.6 Å². The minimum atomic E-state index is -0.412. The molecule has 0 unspecified atom stereocenters. The summed E-state index contributed by atoms with van der Waals surface area (Å²) >= 11 is 0. The number of rotatable bonds is 6. The number of nitrogens with one attached hydrogen (secondary N) is 2. The van der Waals surface area contributed by atoms with Crippen molar-refractivity contribution in [1.29, 1.82) is 0 Å². The van der Waals surface area contributed by atoms with Crippen molar-refractivity contribution in [2.45, 2.75) is 0 Å². The van der Waals surface area contributed by atoms with Crippen LogP contribution in [0.15, 0.2) is 67.0 Å². The molecule has 2 aromatic carbocycles. The Morgan fingerprint density at radius 2 is 1.50 bits per heavy atom. The van der Waals surface area contributed by atoms with Gasteiger partial charge in [0.05, 0.1) is 31.0 Å². The highest BCUT2D eigenvalue weighted by Gasteiger charge is 2.14. The van der Waals surface area contributed by atoms with Gasteiger partial charge in [-0.05, 0) is 30.3 Å². The van der Waals surface area contributed by atoms with Gasteiger partial charge in [0, 0.05) is 24.1 Å². The molecule has 0 saturated heterocycles. The lowest BCUT2D eigenvalue weighted by Gasteiger charge is -2.12. The molecule has 0 radical (unpaired) electrons. The lowest BCUT2D eigenvalue weighted by Crippen LogP contribution is -2.16. The van der Waals surface area contributed by atoms with Crippen molar-refractivity contribution in [3.05, 3.63) is 78.1 Å². The Hall–Kier alpha value is -3.87. The highest BCUT2D eigenvalue weighted by molar-refractivity contribution is 6.08. The van der Waals surface area contributed by atoms with Gasteiger partial charge in [-0.1, -0.05) is 18.2 Å². The van der Waals surface area contributed by atoms with Crippen LogP contribution >= 0.6 is 0 Å². The molecule has 1 heterocycles. The molecule has 7 nitrogen and oxygen atoms in total. The van der Waals surface area contributed by atoms with Crippen LogP contribution in [0, 0.1) is 0 Å². The SMILES string of the molecule is COc1ccc(NC(=O)c2cncc(C(=O)Nc3ccccc3)c2)c(OC)c1. The number of nitrogens with zero attached hydrogens (tertiary/aromatic N) is 1. The fourth-order valence-corrected chi connectivity index (χ4v) is 2.51. The summed E-state index contributed by atoms with van der Waals surface area (Å²) in [6.07, 6.45) is 2.80. The Balaban J connectivity index is 1.76. The Bertz CT molecular complexity index is 990. The highest BCUT2D eigenvalue weighted by Crippen LogP contribution is 2.29. The second kappa shape index (κ2) is 8.68. The van der Waals surface area contributed by atoms with E-state index in [0.29, 0.717) is 22.9 Å². The molecule has 0 atom stereocenters. The predicted molar refractivity (Wildman–Crippen MR) is 106 cm³/mol. The monoisotopic (exact) mass is 377 g/mol. The second-order valence-electron chi connectivity index (χ2n) is 5.80. The first kappa shape index (κ1) is 18.9. The number of pyridine rings is 1. The maximum Gasteiger partial charge on any atom is 0.257 e. The number of anilines is 2. The molecule has 0 spiro atoms. The molecule has 2 amide bonds. The molecule has 7 heteroatoms. The van der Waals surface area contributed by atoms with E-state index >= 15 is 0 Å². The minimum absolute atomic E-state index is 0.249. The van der Waals surface area contributed by atoms with Crippen molar-refractivity contribution in [3.8, 4) is 11.5 Å². The second-order valence-corrected chi connectivity index (χ2v) is 5.80. The average molecular weight is 377 g/mol. The summed E-state index contributed by atoms with van der Waals surface area (Å²) in [5.74, 6) is 0.301. The third-order valence-corrected chi connectivity index (χ3v) is 3.95. The molecule has 0 fully saturated rings. The van der Waals surface area contributed by atoms with Crippen LogP contribution in [-0.2, 0) is 0 Å². The van der Waals surface area contributed by atoms with Gasteiger partial charge in [-0.25, -0.2) is 0 Å². The maximum atomic E-state index is 12.6. The topological polar surface area (TPSA) is 89.5 Å². The smallest absolute Gasteiger partial charge is 0.257 e. The first-order valence-corrected chi connectivity index (χ1v) is 8.45. The standard InChI is InChI=1S/C21H19N3O4/c1-27-17-8-9-18(19(11-17)28-2)24-21(26)15-10-14(12-22-13-15)20(25)23-16-6-4-3-5-7-16/h3-13H,1-2H3,(H,23,25)(H,24,26). The van der Waals surface area contributed by atoms with Gasteiger partial charge in [0.2, 0.25) is 0 Å². The van der Waals surface area contributed by atoms with Crippen molar-refractivity contribution in [2.24, 2.45) is 0 Å². The van der Waals surface area contributed by atoms with Gasteiger partial charge in [-0.15, -0.1) is 0 Å². The lowest BCUT2D eigenvalue weighted by molar-refractivity contribution is 0.102. The van der Waals surface area contributed by atoms with Crippen LogP contribution < -0.4 is 20.1 Å². The van der Waals surface area contributed by atoms with Gasteiger partial charge >= 0.3 is 0 Å². The first-order valence-electron chi connectivity index (χ1n) is 8.45. The number of carbonyl (C=O) groups excluding carboxylic acids is 2. The van der Waals surface area contributed by atoms with Crippen LogP contribution in [0.4, 0.5) is 11.4 Å². The number of amides is 2. The van der Waals surface area contributed by atoms with Crippen molar-refractivity contribution in [2.75, 3.05) is 24.9 Å². The van der Waals surface area contributed by atoms with E-state index in [-0.39, 0.29) is 17.0 Å². The van der Waals surface area contributed by atoms with E-state index in [4.69, 9.17) is 9.47 Å². The van der Waals surface area contributed by atoms with E-state index in [1.807, 2.05) is 18.2 Å². The Kier molecular flexibility index (Phi) is 5.86. The predicted octanol–water partition coefficient (Wildman–Crippen LogP) is 3.60. The number of methoxy groups -OCH3 is 2.